The predicted molar refractivity (Wildman–Crippen MR) is 102 cm³/mol. The lowest BCUT2D eigenvalue weighted by Gasteiger charge is -2.32. The molecule has 0 aliphatic carbocycles. The number of nitrogens with one attached hydrogen (secondary N) is 1. The third-order valence-electron chi connectivity index (χ3n) is 4.88. The van der Waals surface area contributed by atoms with Crippen LogP contribution in [0.1, 0.15) is 18.9 Å². The summed E-state index contributed by atoms with van der Waals surface area (Å²) in [6.45, 7) is 2.02. The van der Waals surface area contributed by atoms with Gasteiger partial charge in [0.1, 0.15) is 5.60 Å². The van der Waals surface area contributed by atoms with Crippen molar-refractivity contribution in [3.05, 3.63) is 64.6 Å². The third-order valence-corrected chi connectivity index (χ3v) is 6.28. The van der Waals surface area contributed by atoms with Gasteiger partial charge in [0.25, 0.3) is 0 Å². The van der Waals surface area contributed by atoms with Crippen LogP contribution in [-0.2, 0) is 27.4 Å². The predicted octanol–water partition coefficient (Wildman–Crippen LogP) is 2.36. The molecule has 0 saturated heterocycles. The first-order valence-electron chi connectivity index (χ1n) is 8.53. The molecule has 0 bridgehead atoms. The molecule has 8 heteroatoms. The topological polar surface area (TPSA) is 90.5 Å². The maximum Gasteiger partial charge on any atom is 0.419 e. The molecule has 1 N–H and O–H groups in total. The van der Waals surface area contributed by atoms with Gasteiger partial charge < -0.3 is 9.15 Å². The summed E-state index contributed by atoms with van der Waals surface area (Å²) in [5, 5.41) is 0. The Bertz CT molecular complexity index is 1100. The molecule has 0 radical (unpaired) electrons. The SMILES string of the molecule is CCC(CNS(=O)(=O)c1ccc2oc(=O)n(C)c2c1)(OC)c1ccccc1. The number of hydrogen-bond acceptors (Lipinski definition) is 5. The van der Waals surface area contributed by atoms with Crippen LogP contribution in [0.25, 0.3) is 11.1 Å². The molecule has 0 spiro atoms. The van der Waals surface area contributed by atoms with E-state index in [4.69, 9.17) is 9.15 Å². The summed E-state index contributed by atoms with van der Waals surface area (Å²) in [6.07, 6.45) is 0.589. The van der Waals surface area contributed by atoms with Gasteiger partial charge in [0.15, 0.2) is 5.58 Å². The Balaban J connectivity index is 1.92. The van der Waals surface area contributed by atoms with E-state index in [1.807, 2.05) is 37.3 Å². The number of nitrogens with zero attached hydrogens (tertiary/aromatic N) is 1. The number of ether oxygens (including phenoxy) is 1. The molecular formula is C19H22N2O5S. The molecule has 3 aromatic rings. The number of oxazole rings is 1. The van der Waals surface area contributed by atoms with Gasteiger partial charge in [0.05, 0.1) is 10.4 Å². The van der Waals surface area contributed by atoms with E-state index in [0.717, 1.165) is 5.56 Å². The lowest BCUT2D eigenvalue weighted by molar-refractivity contribution is -0.0133. The summed E-state index contributed by atoms with van der Waals surface area (Å²) in [5.74, 6) is -0.541. The second-order valence-corrected chi connectivity index (χ2v) is 8.07. The number of benzene rings is 2. The van der Waals surface area contributed by atoms with Gasteiger partial charge in [-0.05, 0) is 30.2 Å². The molecule has 0 aliphatic rings. The van der Waals surface area contributed by atoms with Gasteiger partial charge >= 0.3 is 5.76 Å². The number of aromatic nitrogens is 1. The molecule has 1 aromatic heterocycles. The molecule has 0 saturated carbocycles. The Morgan fingerprint density at radius 3 is 2.52 bits per heavy atom. The Hall–Kier alpha value is -2.42. The third kappa shape index (κ3) is 3.55. The van der Waals surface area contributed by atoms with E-state index >= 15 is 0 Å². The van der Waals surface area contributed by atoms with Crippen molar-refractivity contribution < 1.29 is 17.6 Å². The average Bonchev–Trinajstić information content (AvgIpc) is 2.97. The van der Waals surface area contributed by atoms with E-state index in [2.05, 4.69) is 4.72 Å². The van der Waals surface area contributed by atoms with Gasteiger partial charge in [0, 0.05) is 20.7 Å². The fourth-order valence-electron chi connectivity index (χ4n) is 3.08. The second kappa shape index (κ2) is 7.30. The zero-order valence-electron chi connectivity index (χ0n) is 15.4. The number of sulfonamides is 1. The summed E-state index contributed by atoms with van der Waals surface area (Å²) in [4.78, 5) is 11.7. The standard InChI is InChI=1S/C19H22N2O5S/c1-4-19(25-3,14-8-6-5-7-9-14)13-20-27(23,24)15-10-11-17-16(12-15)21(2)18(22)26-17/h5-12,20H,4,13H2,1-3H3. The monoisotopic (exact) mass is 390 g/mol. The van der Waals surface area contributed by atoms with Crippen LogP contribution in [0, 0.1) is 0 Å². The molecule has 7 nitrogen and oxygen atoms in total. The second-order valence-electron chi connectivity index (χ2n) is 6.30. The molecule has 3 rings (SSSR count). The number of rotatable bonds is 7. The van der Waals surface area contributed by atoms with Crippen LogP contribution < -0.4 is 10.5 Å². The molecule has 0 aliphatic heterocycles. The summed E-state index contributed by atoms with van der Waals surface area (Å²) in [5.41, 5.74) is 0.872. The summed E-state index contributed by atoms with van der Waals surface area (Å²) in [6, 6.07) is 13.8. The minimum absolute atomic E-state index is 0.0561. The van der Waals surface area contributed by atoms with Gasteiger partial charge in [-0.1, -0.05) is 37.3 Å². The molecule has 27 heavy (non-hydrogen) atoms. The van der Waals surface area contributed by atoms with E-state index in [9.17, 15) is 13.2 Å². The first-order valence-corrected chi connectivity index (χ1v) is 10.0. The van der Waals surface area contributed by atoms with Gasteiger partial charge in [-0.25, -0.2) is 17.9 Å². The van der Waals surface area contributed by atoms with Gasteiger partial charge in [-0.2, -0.15) is 0 Å². The van der Waals surface area contributed by atoms with Crippen molar-refractivity contribution in [1.29, 1.82) is 0 Å². The van der Waals surface area contributed by atoms with E-state index in [-0.39, 0.29) is 11.4 Å². The molecule has 2 aromatic carbocycles. The van der Waals surface area contributed by atoms with Crippen LogP contribution in [-0.4, -0.2) is 26.6 Å². The Kier molecular flexibility index (Phi) is 5.23. The average molecular weight is 390 g/mol. The highest BCUT2D eigenvalue weighted by atomic mass is 32.2. The number of hydrogen-bond donors (Lipinski definition) is 1. The molecule has 1 atom stereocenters. The van der Waals surface area contributed by atoms with E-state index < -0.39 is 21.4 Å². The van der Waals surface area contributed by atoms with Crippen LogP contribution in [0.3, 0.4) is 0 Å². The quantitative estimate of drug-likeness (QED) is 0.669. The van der Waals surface area contributed by atoms with E-state index in [1.165, 1.54) is 29.8 Å². The largest absolute Gasteiger partial charge is 0.419 e. The smallest absolute Gasteiger partial charge is 0.408 e. The van der Waals surface area contributed by atoms with Gasteiger partial charge in [-0.15, -0.1) is 0 Å². The van der Waals surface area contributed by atoms with Crippen molar-refractivity contribution in [1.82, 2.24) is 9.29 Å². The minimum atomic E-state index is -3.81. The van der Waals surface area contributed by atoms with E-state index in [1.54, 1.807) is 7.11 Å². The number of methoxy groups -OCH3 is 1. The molecule has 1 unspecified atom stereocenters. The Morgan fingerprint density at radius 1 is 1.19 bits per heavy atom. The molecule has 144 valence electrons. The molecule has 0 fully saturated rings. The lowest BCUT2D eigenvalue weighted by atomic mass is 9.91. The van der Waals surface area contributed by atoms with Crippen LogP contribution in [0.2, 0.25) is 0 Å². The maximum absolute atomic E-state index is 12.8. The summed E-state index contributed by atoms with van der Waals surface area (Å²) < 4.78 is 40.3. The first-order chi connectivity index (χ1) is 12.8. The first kappa shape index (κ1) is 19.3. The fourth-order valence-corrected chi connectivity index (χ4v) is 4.18. The molecule has 1 heterocycles. The van der Waals surface area contributed by atoms with Gasteiger partial charge in [0.2, 0.25) is 10.0 Å². The van der Waals surface area contributed by atoms with Crippen molar-refractivity contribution in [2.24, 2.45) is 7.05 Å². The summed E-state index contributed by atoms with van der Waals surface area (Å²) in [7, 11) is -0.712. The van der Waals surface area contributed by atoms with Crippen molar-refractivity contribution in [2.45, 2.75) is 23.8 Å². The van der Waals surface area contributed by atoms with Crippen LogP contribution in [0.15, 0.2) is 62.6 Å². The van der Waals surface area contributed by atoms with Crippen molar-refractivity contribution in [3.8, 4) is 0 Å². The highest BCUT2D eigenvalue weighted by Crippen LogP contribution is 2.29. The normalized spacial score (nSPS) is 14.3. The molecule has 0 amide bonds. The van der Waals surface area contributed by atoms with Crippen molar-refractivity contribution in [2.75, 3.05) is 13.7 Å². The lowest BCUT2D eigenvalue weighted by Crippen LogP contribution is -2.41. The van der Waals surface area contributed by atoms with Crippen LogP contribution in [0.5, 0.6) is 0 Å². The van der Waals surface area contributed by atoms with Gasteiger partial charge in [-0.3, -0.25) is 4.57 Å². The maximum atomic E-state index is 12.8. The van der Waals surface area contributed by atoms with E-state index in [0.29, 0.717) is 17.5 Å². The molecular weight excluding hydrogens is 368 g/mol. The number of fused-ring (bicyclic) bond motifs is 1. The highest BCUT2D eigenvalue weighted by molar-refractivity contribution is 7.89. The fraction of sp³-hybridized carbons (Fsp3) is 0.316. The van der Waals surface area contributed by atoms with Crippen molar-refractivity contribution in [3.63, 3.8) is 0 Å². The van der Waals surface area contributed by atoms with Crippen LogP contribution in [0.4, 0.5) is 0 Å². The highest BCUT2D eigenvalue weighted by Gasteiger charge is 2.32. The zero-order valence-corrected chi connectivity index (χ0v) is 16.2. The van der Waals surface area contributed by atoms with Crippen LogP contribution >= 0.6 is 0 Å². The number of aryl methyl sites for hydroxylation is 1. The summed E-state index contributed by atoms with van der Waals surface area (Å²) >= 11 is 0. The Morgan fingerprint density at radius 2 is 1.89 bits per heavy atom. The Labute approximate surface area is 157 Å². The van der Waals surface area contributed by atoms with Crippen molar-refractivity contribution >= 4 is 21.1 Å². The zero-order chi connectivity index (χ0) is 19.7. The minimum Gasteiger partial charge on any atom is -0.408 e.